The Morgan fingerprint density at radius 1 is 1.45 bits per heavy atom. The smallest absolute Gasteiger partial charge is 0.412 e. The van der Waals surface area contributed by atoms with Crippen LogP contribution in [0.3, 0.4) is 0 Å². The van der Waals surface area contributed by atoms with Crippen LogP contribution in [0.25, 0.3) is 0 Å². The second-order valence-electron chi connectivity index (χ2n) is 6.05. The van der Waals surface area contributed by atoms with Gasteiger partial charge < -0.3 is 4.74 Å². The van der Waals surface area contributed by atoms with Crippen molar-refractivity contribution in [3.05, 3.63) is 28.8 Å². The first-order valence-corrected chi connectivity index (χ1v) is 6.91. The second kappa shape index (κ2) is 5.03. The SMILES string of the molecule is C#CC1(c2cc(NC(=O)OC(C)(C)C)ccc2Cl)CC1. The van der Waals surface area contributed by atoms with E-state index < -0.39 is 11.7 Å². The van der Waals surface area contributed by atoms with Gasteiger partial charge in [-0.2, -0.15) is 0 Å². The lowest BCUT2D eigenvalue weighted by molar-refractivity contribution is 0.0636. The third-order valence-corrected chi connectivity index (χ3v) is 3.48. The largest absolute Gasteiger partial charge is 0.444 e. The lowest BCUT2D eigenvalue weighted by Gasteiger charge is -2.20. The van der Waals surface area contributed by atoms with Crippen molar-refractivity contribution in [3.8, 4) is 12.3 Å². The van der Waals surface area contributed by atoms with Gasteiger partial charge in [0.2, 0.25) is 0 Å². The number of amides is 1. The summed E-state index contributed by atoms with van der Waals surface area (Å²) in [6, 6.07) is 5.32. The van der Waals surface area contributed by atoms with Gasteiger partial charge in [0.1, 0.15) is 5.60 Å². The first-order valence-electron chi connectivity index (χ1n) is 6.54. The summed E-state index contributed by atoms with van der Waals surface area (Å²) < 4.78 is 5.22. The van der Waals surface area contributed by atoms with Crippen LogP contribution < -0.4 is 5.32 Å². The molecule has 0 aromatic heterocycles. The summed E-state index contributed by atoms with van der Waals surface area (Å²) >= 11 is 6.20. The molecule has 0 spiro atoms. The molecule has 1 aliphatic rings. The molecule has 0 bridgehead atoms. The molecule has 0 aliphatic heterocycles. The monoisotopic (exact) mass is 291 g/mol. The van der Waals surface area contributed by atoms with E-state index in [4.69, 9.17) is 22.8 Å². The number of halogens is 1. The van der Waals surface area contributed by atoms with E-state index in [9.17, 15) is 4.79 Å². The zero-order valence-electron chi connectivity index (χ0n) is 11.9. The summed E-state index contributed by atoms with van der Waals surface area (Å²) in [6.07, 6.45) is 6.95. The quantitative estimate of drug-likeness (QED) is 0.823. The Morgan fingerprint density at radius 3 is 2.60 bits per heavy atom. The lowest BCUT2D eigenvalue weighted by Crippen LogP contribution is -2.27. The molecule has 106 valence electrons. The number of ether oxygens (including phenoxy) is 1. The van der Waals surface area contributed by atoms with Gasteiger partial charge in [0.25, 0.3) is 0 Å². The molecule has 3 nitrogen and oxygen atoms in total. The number of carbonyl (C=O) groups excluding carboxylic acids is 1. The Hall–Kier alpha value is -1.66. The number of benzene rings is 1. The molecule has 1 saturated carbocycles. The number of carbonyl (C=O) groups is 1. The van der Waals surface area contributed by atoms with E-state index in [0.717, 1.165) is 18.4 Å². The van der Waals surface area contributed by atoms with Gasteiger partial charge in [0.05, 0.1) is 5.41 Å². The number of hydrogen-bond acceptors (Lipinski definition) is 2. The zero-order valence-corrected chi connectivity index (χ0v) is 12.7. The van der Waals surface area contributed by atoms with Crippen LogP contribution in [-0.4, -0.2) is 11.7 Å². The topological polar surface area (TPSA) is 38.3 Å². The van der Waals surface area contributed by atoms with Crippen LogP contribution in [0.5, 0.6) is 0 Å². The highest BCUT2D eigenvalue weighted by molar-refractivity contribution is 6.31. The van der Waals surface area contributed by atoms with Crippen LogP contribution in [0, 0.1) is 12.3 Å². The number of hydrogen-bond donors (Lipinski definition) is 1. The van der Waals surface area contributed by atoms with E-state index >= 15 is 0 Å². The van der Waals surface area contributed by atoms with Crippen molar-refractivity contribution >= 4 is 23.4 Å². The third-order valence-electron chi connectivity index (χ3n) is 3.15. The maximum atomic E-state index is 11.8. The molecule has 0 saturated heterocycles. The van der Waals surface area contributed by atoms with Crippen molar-refractivity contribution in [2.75, 3.05) is 5.32 Å². The van der Waals surface area contributed by atoms with Gasteiger partial charge >= 0.3 is 6.09 Å². The van der Waals surface area contributed by atoms with Crippen molar-refractivity contribution < 1.29 is 9.53 Å². The van der Waals surface area contributed by atoms with Crippen LogP contribution in [-0.2, 0) is 10.2 Å². The first kappa shape index (κ1) is 14.7. The molecule has 20 heavy (non-hydrogen) atoms. The van der Waals surface area contributed by atoms with Crippen LogP contribution >= 0.6 is 11.6 Å². The molecule has 0 atom stereocenters. The molecule has 1 fully saturated rings. The molecule has 4 heteroatoms. The molecule has 2 rings (SSSR count). The van der Waals surface area contributed by atoms with E-state index in [1.54, 1.807) is 12.1 Å². The lowest BCUT2D eigenvalue weighted by atomic mass is 9.96. The predicted molar refractivity (Wildman–Crippen MR) is 81.1 cm³/mol. The Balaban J connectivity index is 2.17. The Bertz CT molecular complexity index is 577. The summed E-state index contributed by atoms with van der Waals surface area (Å²) in [5.74, 6) is 2.80. The van der Waals surface area contributed by atoms with Crippen molar-refractivity contribution in [2.45, 2.75) is 44.6 Å². The third kappa shape index (κ3) is 3.26. The summed E-state index contributed by atoms with van der Waals surface area (Å²) in [6.45, 7) is 5.45. The minimum atomic E-state index is -0.532. The molecule has 1 amide bonds. The van der Waals surface area contributed by atoms with E-state index in [0.29, 0.717) is 10.7 Å². The normalized spacial score (nSPS) is 16.1. The molecule has 1 aromatic carbocycles. The van der Waals surface area contributed by atoms with Crippen molar-refractivity contribution in [1.29, 1.82) is 0 Å². The van der Waals surface area contributed by atoms with E-state index in [2.05, 4.69) is 11.2 Å². The number of terminal acetylenes is 1. The van der Waals surface area contributed by atoms with Gasteiger partial charge in [-0.05, 0) is 57.4 Å². The molecule has 1 N–H and O–H groups in total. The van der Waals surface area contributed by atoms with E-state index in [1.807, 2.05) is 26.8 Å². The average molecular weight is 292 g/mol. The Labute approximate surface area is 124 Å². The van der Waals surface area contributed by atoms with E-state index in [1.165, 1.54) is 0 Å². The maximum absolute atomic E-state index is 11.8. The van der Waals surface area contributed by atoms with Crippen LogP contribution in [0.15, 0.2) is 18.2 Å². The molecule has 1 aromatic rings. The Morgan fingerprint density at radius 2 is 2.10 bits per heavy atom. The highest BCUT2D eigenvalue weighted by Gasteiger charge is 2.44. The van der Waals surface area contributed by atoms with Crippen LogP contribution in [0.1, 0.15) is 39.2 Å². The number of nitrogens with one attached hydrogen (secondary N) is 1. The standard InChI is InChI=1S/C16H18ClNO2/c1-5-16(8-9-16)12-10-11(6-7-13(12)17)18-14(19)20-15(2,3)4/h1,6-7,10H,8-9H2,2-4H3,(H,18,19). The average Bonchev–Trinajstić information content (AvgIpc) is 3.10. The Kier molecular flexibility index (Phi) is 3.71. The van der Waals surface area contributed by atoms with Gasteiger partial charge in [-0.15, -0.1) is 6.42 Å². The molecule has 1 aliphatic carbocycles. The van der Waals surface area contributed by atoms with Crippen molar-refractivity contribution in [2.24, 2.45) is 0 Å². The number of rotatable bonds is 2. The second-order valence-corrected chi connectivity index (χ2v) is 6.46. The fourth-order valence-corrected chi connectivity index (χ4v) is 2.31. The van der Waals surface area contributed by atoms with Crippen LogP contribution in [0.4, 0.5) is 10.5 Å². The molecule has 0 unspecified atom stereocenters. The predicted octanol–water partition coefficient (Wildman–Crippen LogP) is 4.35. The van der Waals surface area contributed by atoms with Crippen LogP contribution in [0.2, 0.25) is 5.02 Å². The highest BCUT2D eigenvalue weighted by Crippen LogP contribution is 2.50. The molecular formula is C16H18ClNO2. The van der Waals surface area contributed by atoms with Gasteiger partial charge in [0.15, 0.2) is 0 Å². The van der Waals surface area contributed by atoms with Gasteiger partial charge in [-0.3, -0.25) is 5.32 Å². The summed E-state index contributed by atoms with van der Waals surface area (Å²) in [5.41, 5.74) is 0.744. The highest BCUT2D eigenvalue weighted by atomic mass is 35.5. The van der Waals surface area contributed by atoms with Gasteiger partial charge in [0, 0.05) is 10.7 Å². The van der Waals surface area contributed by atoms with E-state index in [-0.39, 0.29) is 5.41 Å². The van der Waals surface area contributed by atoms with Gasteiger partial charge in [-0.1, -0.05) is 17.5 Å². The zero-order chi connectivity index (χ0) is 15.0. The van der Waals surface area contributed by atoms with Crippen molar-refractivity contribution in [3.63, 3.8) is 0 Å². The first-order chi connectivity index (χ1) is 9.26. The molecule has 0 radical (unpaired) electrons. The number of anilines is 1. The fourth-order valence-electron chi connectivity index (χ4n) is 2.01. The summed E-state index contributed by atoms with van der Waals surface area (Å²) in [5, 5.41) is 3.34. The summed E-state index contributed by atoms with van der Waals surface area (Å²) in [4.78, 5) is 11.8. The molecular weight excluding hydrogens is 274 g/mol. The van der Waals surface area contributed by atoms with Gasteiger partial charge in [-0.25, -0.2) is 4.79 Å². The fraction of sp³-hybridized carbons (Fsp3) is 0.438. The minimum Gasteiger partial charge on any atom is -0.444 e. The maximum Gasteiger partial charge on any atom is 0.412 e. The van der Waals surface area contributed by atoms with Crippen molar-refractivity contribution in [1.82, 2.24) is 0 Å². The minimum absolute atomic E-state index is 0.261. The molecule has 0 heterocycles. The summed E-state index contributed by atoms with van der Waals surface area (Å²) in [7, 11) is 0.